The van der Waals surface area contributed by atoms with Crippen LogP contribution in [0.15, 0.2) is 18.2 Å². The molecule has 1 saturated heterocycles. The topological polar surface area (TPSA) is 63.7 Å². The first-order chi connectivity index (χ1) is 10.8. The van der Waals surface area contributed by atoms with E-state index in [1.165, 1.54) is 0 Å². The smallest absolute Gasteiger partial charge is 0.260 e. The highest BCUT2D eigenvalue weighted by atomic mass is 32.2. The number of piperidine rings is 1. The Morgan fingerprint density at radius 1 is 1.22 bits per heavy atom. The van der Waals surface area contributed by atoms with Gasteiger partial charge in [0.05, 0.1) is 5.25 Å². The molecule has 2 rings (SSSR count). The van der Waals surface area contributed by atoms with Crippen molar-refractivity contribution >= 4 is 15.7 Å². The number of hydrogen-bond acceptors (Lipinski definition) is 4. The van der Waals surface area contributed by atoms with E-state index in [2.05, 4.69) is 0 Å². The Bertz CT molecular complexity index is 641. The van der Waals surface area contributed by atoms with Gasteiger partial charge in [0.15, 0.2) is 16.4 Å². The van der Waals surface area contributed by atoms with Crippen LogP contribution in [0.4, 0.5) is 0 Å². The van der Waals surface area contributed by atoms with Gasteiger partial charge >= 0.3 is 0 Å². The molecular weight excluding hydrogens is 314 g/mol. The van der Waals surface area contributed by atoms with Gasteiger partial charge < -0.3 is 9.64 Å². The third-order valence-electron chi connectivity index (χ3n) is 4.45. The van der Waals surface area contributed by atoms with Gasteiger partial charge in [-0.15, -0.1) is 0 Å². The molecule has 0 unspecified atom stereocenters. The van der Waals surface area contributed by atoms with Gasteiger partial charge in [-0.1, -0.05) is 25.1 Å². The van der Waals surface area contributed by atoms with Crippen LogP contribution in [-0.4, -0.2) is 49.9 Å². The largest absolute Gasteiger partial charge is 0.483 e. The first-order valence-electron chi connectivity index (χ1n) is 8.03. The summed E-state index contributed by atoms with van der Waals surface area (Å²) in [5.41, 5.74) is 2.01. The van der Waals surface area contributed by atoms with Crippen molar-refractivity contribution in [2.45, 2.75) is 38.9 Å². The zero-order valence-electron chi connectivity index (χ0n) is 14.0. The summed E-state index contributed by atoms with van der Waals surface area (Å²) in [6.45, 7) is 6.54. The number of ether oxygens (including phenoxy) is 1. The minimum Gasteiger partial charge on any atom is -0.483 e. The van der Waals surface area contributed by atoms with E-state index in [4.69, 9.17) is 4.74 Å². The van der Waals surface area contributed by atoms with E-state index in [-0.39, 0.29) is 23.5 Å². The van der Waals surface area contributed by atoms with Crippen LogP contribution in [0, 0.1) is 13.8 Å². The zero-order chi connectivity index (χ0) is 17.0. The van der Waals surface area contributed by atoms with Crippen molar-refractivity contribution in [1.82, 2.24) is 4.90 Å². The number of nitrogens with zero attached hydrogens (tertiary/aromatic N) is 1. The molecule has 23 heavy (non-hydrogen) atoms. The van der Waals surface area contributed by atoms with Crippen molar-refractivity contribution in [1.29, 1.82) is 0 Å². The van der Waals surface area contributed by atoms with E-state index < -0.39 is 9.84 Å². The van der Waals surface area contributed by atoms with E-state index >= 15 is 0 Å². The maximum absolute atomic E-state index is 12.3. The van der Waals surface area contributed by atoms with Gasteiger partial charge in [-0.2, -0.15) is 0 Å². The second kappa shape index (κ2) is 7.34. The fraction of sp³-hybridized carbons (Fsp3) is 0.588. The molecule has 0 saturated carbocycles. The summed E-state index contributed by atoms with van der Waals surface area (Å²) in [6, 6.07) is 5.86. The molecule has 1 aliphatic heterocycles. The van der Waals surface area contributed by atoms with Crippen molar-refractivity contribution in [3.05, 3.63) is 29.3 Å². The fourth-order valence-electron chi connectivity index (χ4n) is 2.95. The molecule has 1 fully saturated rings. The molecule has 5 nitrogen and oxygen atoms in total. The summed E-state index contributed by atoms with van der Waals surface area (Å²) in [5.74, 6) is 0.839. The number of benzene rings is 1. The lowest BCUT2D eigenvalue weighted by atomic mass is 10.1. The molecule has 0 N–H and O–H groups in total. The Balaban J connectivity index is 1.89. The summed E-state index contributed by atoms with van der Waals surface area (Å²) < 4.78 is 29.5. The van der Waals surface area contributed by atoms with Crippen molar-refractivity contribution < 1.29 is 17.9 Å². The molecule has 1 amide bonds. The second-order valence-electron chi connectivity index (χ2n) is 6.04. The highest BCUT2D eigenvalue weighted by molar-refractivity contribution is 7.92. The highest BCUT2D eigenvalue weighted by Crippen LogP contribution is 2.23. The molecule has 1 aliphatic rings. The van der Waals surface area contributed by atoms with Crippen LogP contribution in [0.25, 0.3) is 0 Å². The molecular formula is C17H25NO4S. The van der Waals surface area contributed by atoms with Gasteiger partial charge in [0, 0.05) is 18.8 Å². The Labute approximate surface area is 138 Å². The van der Waals surface area contributed by atoms with E-state index in [1.54, 1.807) is 11.8 Å². The summed E-state index contributed by atoms with van der Waals surface area (Å²) in [4.78, 5) is 14.0. The highest BCUT2D eigenvalue weighted by Gasteiger charge is 2.30. The van der Waals surface area contributed by atoms with E-state index in [1.807, 2.05) is 32.0 Å². The lowest BCUT2D eigenvalue weighted by Crippen LogP contribution is -2.44. The molecule has 0 spiro atoms. The molecule has 1 aromatic rings. The van der Waals surface area contributed by atoms with Crippen LogP contribution in [-0.2, 0) is 14.6 Å². The number of rotatable bonds is 5. The van der Waals surface area contributed by atoms with Gasteiger partial charge in [0.1, 0.15) is 5.75 Å². The summed E-state index contributed by atoms with van der Waals surface area (Å²) >= 11 is 0. The number of carbonyl (C=O) groups is 1. The zero-order valence-corrected chi connectivity index (χ0v) is 14.9. The van der Waals surface area contributed by atoms with Crippen molar-refractivity contribution in [3.8, 4) is 5.75 Å². The van der Waals surface area contributed by atoms with Crippen LogP contribution in [0.2, 0.25) is 0 Å². The van der Waals surface area contributed by atoms with Crippen LogP contribution < -0.4 is 4.74 Å². The standard InChI is InChI=1S/C17H25NO4S/c1-4-23(20,21)15-8-10-18(11-9-15)16(19)12-22-17-13(2)6-5-7-14(17)3/h5-7,15H,4,8-12H2,1-3H3. The van der Waals surface area contributed by atoms with E-state index in [0.29, 0.717) is 25.9 Å². The van der Waals surface area contributed by atoms with Gasteiger partial charge in [-0.05, 0) is 37.8 Å². The molecule has 0 atom stereocenters. The lowest BCUT2D eigenvalue weighted by Gasteiger charge is -2.31. The minimum absolute atomic E-state index is 0.00309. The number of amides is 1. The molecule has 128 valence electrons. The summed E-state index contributed by atoms with van der Waals surface area (Å²) in [5, 5.41) is -0.309. The Kier molecular flexibility index (Phi) is 5.68. The van der Waals surface area contributed by atoms with Gasteiger partial charge in [0.2, 0.25) is 0 Å². The molecule has 6 heteroatoms. The quantitative estimate of drug-likeness (QED) is 0.824. The SMILES string of the molecule is CCS(=O)(=O)C1CCN(C(=O)COc2c(C)cccc2C)CC1. The third kappa shape index (κ3) is 4.25. The number of sulfone groups is 1. The van der Waals surface area contributed by atoms with Crippen molar-refractivity contribution in [3.63, 3.8) is 0 Å². The summed E-state index contributed by atoms with van der Waals surface area (Å²) in [7, 11) is -3.01. The predicted octanol–water partition coefficient (Wildman–Crippen LogP) is 2.11. The first kappa shape index (κ1) is 17.8. The Morgan fingerprint density at radius 2 is 1.78 bits per heavy atom. The number of hydrogen-bond donors (Lipinski definition) is 0. The van der Waals surface area contributed by atoms with Crippen LogP contribution in [0.3, 0.4) is 0 Å². The monoisotopic (exact) mass is 339 g/mol. The van der Waals surface area contributed by atoms with Gasteiger partial charge in [0.25, 0.3) is 5.91 Å². The number of para-hydroxylation sites is 1. The predicted molar refractivity (Wildman–Crippen MR) is 90.5 cm³/mol. The van der Waals surface area contributed by atoms with Crippen molar-refractivity contribution in [2.24, 2.45) is 0 Å². The maximum Gasteiger partial charge on any atom is 0.260 e. The molecule has 1 aromatic carbocycles. The van der Waals surface area contributed by atoms with E-state index in [0.717, 1.165) is 16.9 Å². The number of likely N-dealkylation sites (tertiary alicyclic amines) is 1. The molecule has 1 heterocycles. The average molecular weight is 339 g/mol. The fourth-order valence-corrected chi connectivity index (χ4v) is 4.35. The molecule has 0 aliphatic carbocycles. The first-order valence-corrected chi connectivity index (χ1v) is 9.75. The third-order valence-corrected chi connectivity index (χ3v) is 6.75. The average Bonchev–Trinajstić information content (AvgIpc) is 2.54. The van der Waals surface area contributed by atoms with E-state index in [9.17, 15) is 13.2 Å². The van der Waals surface area contributed by atoms with Crippen LogP contribution in [0.1, 0.15) is 30.9 Å². The van der Waals surface area contributed by atoms with Gasteiger partial charge in [-0.25, -0.2) is 8.42 Å². The minimum atomic E-state index is -3.01. The molecule has 0 bridgehead atoms. The summed E-state index contributed by atoms with van der Waals surface area (Å²) in [6.07, 6.45) is 1.04. The lowest BCUT2D eigenvalue weighted by molar-refractivity contribution is -0.134. The van der Waals surface area contributed by atoms with Crippen LogP contribution in [0.5, 0.6) is 5.75 Å². The van der Waals surface area contributed by atoms with Crippen LogP contribution >= 0.6 is 0 Å². The molecule has 0 radical (unpaired) electrons. The van der Waals surface area contributed by atoms with Gasteiger partial charge in [-0.3, -0.25) is 4.79 Å². The second-order valence-corrected chi connectivity index (χ2v) is 8.61. The number of aryl methyl sites for hydroxylation is 2. The number of carbonyl (C=O) groups excluding carboxylic acids is 1. The molecule has 0 aromatic heterocycles. The van der Waals surface area contributed by atoms with Crippen molar-refractivity contribution in [2.75, 3.05) is 25.4 Å². The maximum atomic E-state index is 12.3. The normalized spacial score (nSPS) is 16.4. The Morgan fingerprint density at radius 3 is 2.30 bits per heavy atom. The Hall–Kier alpha value is -1.56.